The van der Waals surface area contributed by atoms with E-state index in [1.807, 2.05) is 38.1 Å². The summed E-state index contributed by atoms with van der Waals surface area (Å²) in [6, 6.07) is 12.9. The normalized spacial score (nSPS) is 16.3. The minimum Gasteiger partial charge on any atom is -0.493 e. The van der Waals surface area contributed by atoms with Gasteiger partial charge in [0.05, 0.1) is 18.9 Å². The van der Waals surface area contributed by atoms with Crippen LogP contribution in [0.2, 0.25) is 0 Å². The lowest BCUT2D eigenvalue weighted by molar-refractivity contribution is -0.122. The van der Waals surface area contributed by atoms with Crippen LogP contribution in [0.5, 0.6) is 11.5 Å². The van der Waals surface area contributed by atoms with E-state index in [4.69, 9.17) is 21.7 Å². The molecule has 2 aromatic carbocycles. The van der Waals surface area contributed by atoms with Crippen molar-refractivity contribution in [3.8, 4) is 11.5 Å². The standard InChI is InChI=1S/C24H26N2O4S/c1-5-15(3)30-21-17(8-7-9-20(21)29-4)14-19-22(27)25-24(31)26(23(19)28)18-12-10-16(6-2)11-13-18/h7-15H,5-6H2,1-4H3,(H,25,27,31). The van der Waals surface area contributed by atoms with Crippen molar-refractivity contribution in [2.75, 3.05) is 12.0 Å². The maximum Gasteiger partial charge on any atom is 0.270 e. The highest BCUT2D eigenvalue weighted by molar-refractivity contribution is 7.80. The van der Waals surface area contributed by atoms with Crippen molar-refractivity contribution in [3.63, 3.8) is 0 Å². The first-order chi connectivity index (χ1) is 14.9. The highest BCUT2D eigenvalue weighted by Crippen LogP contribution is 2.34. The lowest BCUT2D eigenvalue weighted by Gasteiger charge is -2.29. The van der Waals surface area contributed by atoms with E-state index < -0.39 is 11.8 Å². The molecule has 162 valence electrons. The van der Waals surface area contributed by atoms with Crippen LogP contribution in [0.1, 0.15) is 38.3 Å². The Morgan fingerprint density at radius 1 is 1.13 bits per heavy atom. The number of nitrogens with one attached hydrogen (secondary N) is 1. The zero-order chi connectivity index (χ0) is 22.5. The molecule has 1 saturated heterocycles. The summed E-state index contributed by atoms with van der Waals surface area (Å²) in [4.78, 5) is 27.3. The number of amides is 2. The van der Waals surface area contributed by atoms with Crippen LogP contribution in [-0.2, 0) is 16.0 Å². The Hall–Kier alpha value is -3.19. The van der Waals surface area contributed by atoms with Crippen LogP contribution in [0.15, 0.2) is 48.0 Å². The number of rotatable bonds is 7. The summed E-state index contributed by atoms with van der Waals surface area (Å²) in [5.74, 6) is -0.0238. The second-order valence-electron chi connectivity index (χ2n) is 7.19. The van der Waals surface area contributed by atoms with Gasteiger partial charge in [-0.15, -0.1) is 0 Å². The number of hydrogen-bond acceptors (Lipinski definition) is 5. The second-order valence-corrected chi connectivity index (χ2v) is 7.58. The van der Waals surface area contributed by atoms with E-state index in [9.17, 15) is 9.59 Å². The molecule has 1 aliphatic rings. The molecular formula is C24H26N2O4S. The summed E-state index contributed by atoms with van der Waals surface area (Å²) in [6.45, 7) is 6.01. The van der Waals surface area contributed by atoms with Crippen molar-refractivity contribution in [1.82, 2.24) is 5.32 Å². The average molecular weight is 439 g/mol. The number of benzene rings is 2. The largest absolute Gasteiger partial charge is 0.493 e. The average Bonchev–Trinajstić information content (AvgIpc) is 2.77. The van der Waals surface area contributed by atoms with Gasteiger partial charge in [-0.1, -0.05) is 38.1 Å². The third kappa shape index (κ3) is 4.77. The third-order valence-electron chi connectivity index (χ3n) is 5.13. The molecule has 0 aromatic heterocycles. The van der Waals surface area contributed by atoms with Crippen LogP contribution >= 0.6 is 12.2 Å². The molecule has 7 heteroatoms. The van der Waals surface area contributed by atoms with Crippen molar-refractivity contribution >= 4 is 40.9 Å². The maximum absolute atomic E-state index is 13.3. The molecule has 0 saturated carbocycles. The fourth-order valence-corrected chi connectivity index (χ4v) is 3.43. The van der Waals surface area contributed by atoms with Gasteiger partial charge in [0, 0.05) is 5.56 Å². The molecule has 1 N–H and O–H groups in total. The summed E-state index contributed by atoms with van der Waals surface area (Å²) in [5.41, 5.74) is 2.28. The molecule has 1 heterocycles. The van der Waals surface area contributed by atoms with Crippen LogP contribution in [0, 0.1) is 0 Å². The first-order valence-electron chi connectivity index (χ1n) is 10.2. The monoisotopic (exact) mass is 438 g/mol. The van der Waals surface area contributed by atoms with Gasteiger partial charge >= 0.3 is 0 Å². The van der Waals surface area contributed by atoms with Crippen molar-refractivity contribution in [3.05, 3.63) is 59.2 Å². The topological polar surface area (TPSA) is 67.9 Å². The predicted molar refractivity (Wildman–Crippen MR) is 125 cm³/mol. The molecule has 3 rings (SSSR count). The zero-order valence-corrected chi connectivity index (χ0v) is 18.9. The molecule has 0 bridgehead atoms. The Bertz CT molecular complexity index is 1030. The Kier molecular flexibility index (Phi) is 7.07. The second kappa shape index (κ2) is 9.75. The van der Waals surface area contributed by atoms with E-state index in [0.717, 1.165) is 18.4 Å². The maximum atomic E-state index is 13.3. The minimum atomic E-state index is -0.547. The summed E-state index contributed by atoms with van der Waals surface area (Å²) in [5, 5.41) is 2.67. The van der Waals surface area contributed by atoms with Gasteiger partial charge in [0.25, 0.3) is 11.8 Å². The summed E-state index contributed by atoms with van der Waals surface area (Å²) >= 11 is 5.28. The van der Waals surface area contributed by atoms with Crippen molar-refractivity contribution in [2.45, 2.75) is 39.7 Å². The number of carbonyl (C=O) groups is 2. The van der Waals surface area contributed by atoms with Gasteiger partial charge in [-0.05, 0) is 61.8 Å². The molecule has 2 amide bonds. The molecule has 1 unspecified atom stereocenters. The summed E-state index contributed by atoms with van der Waals surface area (Å²) in [7, 11) is 1.55. The molecule has 2 aromatic rings. The molecular weight excluding hydrogens is 412 g/mol. The molecule has 0 spiro atoms. The van der Waals surface area contributed by atoms with Gasteiger partial charge in [0.15, 0.2) is 16.6 Å². The number of nitrogens with zero attached hydrogens (tertiary/aromatic N) is 1. The molecule has 1 atom stereocenters. The first-order valence-corrected chi connectivity index (χ1v) is 10.6. The van der Waals surface area contributed by atoms with Crippen LogP contribution in [0.25, 0.3) is 6.08 Å². The number of carbonyl (C=O) groups excluding carboxylic acids is 2. The Morgan fingerprint density at radius 3 is 2.45 bits per heavy atom. The van der Waals surface area contributed by atoms with E-state index in [2.05, 4.69) is 12.2 Å². The third-order valence-corrected chi connectivity index (χ3v) is 5.41. The predicted octanol–water partition coefficient (Wildman–Crippen LogP) is 4.27. The Labute approximate surface area is 187 Å². The quantitative estimate of drug-likeness (QED) is 0.397. The number of para-hydroxylation sites is 1. The van der Waals surface area contributed by atoms with Gasteiger partial charge in [-0.3, -0.25) is 19.8 Å². The van der Waals surface area contributed by atoms with Crippen LogP contribution in [0.3, 0.4) is 0 Å². The Morgan fingerprint density at radius 2 is 1.84 bits per heavy atom. The number of hydrogen-bond donors (Lipinski definition) is 1. The van der Waals surface area contributed by atoms with Gasteiger partial charge in [0.1, 0.15) is 5.57 Å². The van der Waals surface area contributed by atoms with Gasteiger partial charge in [0.2, 0.25) is 0 Å². The number of aryl methyl sites for hydroxylation is 1. The highest BCUT2D eigenvalue weighted by Gasteiger charge is 2.34. The van der Waals surface area contributed by atoms with Gasteiger partial charge in [-0.25, -0.2) is 0 Å². The van der Waals surface area contributed by atoms with Crippen LogP contribution in [-0.4, -0.2) is 30.1 Å². The SMILES string of the molecule is CCc1ccc(N2C(=O)C(=Cc3cccc(OC)c3OC(C)CC)C(=O)NC2=S)cc1. The van der Waals surface area contributed by atoms with E-state index in [1.165, 1.54) is 11.0 Å². The Balaban J connectivity index is 2.04. The fourth-order valence-electron chi connectivity index (χ4n) is 3.15. The first kappa shape index (κ1) is 22.5. The van der Waals surface area contributed by atoms with E-state index >= 15 is 0 Å². The lowest BCUT2D eigenvalue weighted by Crippen LogP contribution is -2.54. The molecule has 1 fully saturated rings. The molecule has 6 nitrogen and oxygen atoms in total. The summed E-state index contributed by atoms with van der Waals surface area (Å²) < 4.78 is 11.5. The van der Waals surface area contributed by atoms with Gasteiger partial charge in [-0.2, -0.15) is 0 Å². The zero-order valence-electron chi connectivity index (χ0n) is 18.1. The van der Waals surface area contributed by atoms with Crippen molar-refractivity contribution in [1.29, 1.82) is 0 Å². The number of thiocarbonyl (C=S) groups is 1. The molecule has 0 aliphatic carbocycles. The van der Waals surface area contributed by atoms with E-state index in [1.54, 1.807) is 25.3 Å². The fraction of sp³-hybridized carbons (Fsp3) is 0.292. The van der Waals surface area contributed by atoms with E-state index in [-0.39, 0.29) is 16.8 Å². The number of ether oxygens (including phenoxy) is 2. The van der Waals surface area contributed by atoms with E-state index in [0.29, 0.717) is 22.7 Å². The van der Waals surface area contributed by atoms with Gasteiger partial charge < -0.3 is 9.47 Å². The lowest BCUT2D eigenvalue weighted by atomic mass is 10.0. The number of methoxy groups -OCH3 is 1. The molecule has 0 radical (unpaired) electrons. The molecule has 31 heavy (non-hydrogen) atoms. The van der Waals surface area contributed by atoms with Crippen LogP contribution in [0.4, 0.5) is 5.69 Å². The summed E-state index contributed by atoms with van der Waals surface area (Å²) in [6.07, 6.45) is 3.14. The number of anilines is 1. The van der Waals surface area contributed by atoms with Crippen molar-refractivity contribution in [2.24, 2.45) is 0 Å². The minimum absolute atomic E-state index is 0.0320. The van der Waals surface area contributed by atoms with Crippen LogP contribution < -0.4 is 19.7 Å². The van der Waals surface area contributed by atoms with Crippen molar-refractivity contribution < 1.29 is 19.1 Å². The molecule has 1 aliphatic heterocycles. The highest BCUT2D eigenvalue weighted by atomic mass is 32.1. The smallest absolute Gasteiger partial charge is 0.270 e.